The minimum Gasteiger partial charge on any atom is -0.369 e. The fourth-order valence-electron chi connectivity index (χ4n) is 5.51. The first-order valence-electron chi connectivity index (χ1n) is 11.9. The Morgan fingerprint density at radius 2 is 2.06 bits per heavy atom. The quantitative estimate of drug-likeness (QED) is 0.449. The van der Waals surface area contributed by atoms with E-state index < -0.39 is 0 Å². The number of carbonyl (C=O) groups excluding carboxylic acids is 1. The van der Waals surface area contributed by atoms with Gasteiger partial charge in [-0.15, -0.1) is 0 Å². The van der Waals surface area contributed by atoms with Crippen LogP contribution in [0.4, 0.5) is 4.39 Å². The Balaban J connectivity index is 1.31. The number of likely N-dealkylation sites (tertiary alicyclic amines) is 1. The van der Waals surface area contributed by atoms with Crippen molar-refractivity contribution < 1.29 is 9.18 Å². The largest absolute Gasteiger partial charge is 0.369 e. The van der Waals surface area contributed by atoms with Crippen molar-refractivity contribution in [2.45, 2.75) is 37.8 Å². The summed E-state index contributed by atoms with van der Waals surface area (Å²) >= 11 is 1.60. The van der Waals surface area contributed by atoms with E-state index in [1.54, 1.807) is 17.4 Å². The minimum absolute atomic E-state index is 0.0779. The van der Waals surface area contributed by atoms with Crippen LogP contribution in [-0.4, -0.2) is 40.3 Å². The number of hydrogen-bond acceptors (Lipinski definition) is 5. The second kappa shape index (κ2) is 8.45. The van der Waals surface area contributed by atoms with Gasteiger partial charge in [-0.25, -0.2) is 9.37 Å². The highest BCUT2D eigenvalue weighted by Gasteiger charge is 2.30. The van der Waals surface area contributed by atoms with E-state index in [1.165, 1.54) is 5.56 Å². The van der Waals surface area contributed by atoms with Crippen molar-refractivity contribution in [1.82, 2.24) is 19.6 Å². The summed E-state index contributed by atoms with van der Waals surface area (Å²) in [7, 11) is 2.10. The summed E-state index contributed by atoms with van der Waals surface area (Å²) in [5.41, 5.74) is 10.0. The number of primary amides is 1. The first-order chi connectivity index (χ1) is 16.5. The number of nitrogens with two attached hydrogens (primary N) is 1. The van der Waals surface area contributed by atoms with E-state index in [0.29, 0.717) is 11.3 Å². The molecule has 3 atom stereocenters. The molecule has 0 spiro atoms. The third-order valence-corrected chi connectivity index (χ3v) is 8.52. The fourth-order valence-corrected chi connectivity index (χ4v) is 6.57. The molecular weight excluding hydrogens is 449 g/mol. The van der Waals surface area contributed by atoms with Crippen LogP contribution >= 0.6 is 11.3 Å². The van der Waals surface area contributed by atoms with E-state index in [2.05, 4.69) is 35.5 Å². The molecule has 0 aliphatic carbocycles. The molecule has 0 bridgehead atoms. The molecule has 6 rings (SSSR count). The number of nitrogens with one attached hydrogen (secondary N) is 1. The van der Waals surface area contributed by atoms with Gasteiger partial charge in [0.2, 0.25) is 5.91 Å². The van der Waals surface area contributed by atoms with E-state index in [9.17, 15) is 4.79 Å². The number of benzene rings is 2. The lowest BCUT2D eigenvalue weighted by Crippen LogP contribution is -2.38. The molecule has 2 fully saturated rings. The van der Waals surface area contributed by atoms with Crippen molar-refractivity contribution >= 4 is 32.4 Å². The highest BCUT2D eigenvalue weighted by molar-refractivity contribution is 7.23. The third kappa shape index (κ3) is 3.70. The highest BCUT2D eigenvalue weighted by Crippen LogP contribution is 2.37. The molecule has 0 saturated carbocycles. The number of hydrogen-bond donors (Lipinski definition) is 2. The number of halogens is 1. The highest BCUT2D eigenvalue weighted by atomic mass is 32.1. The molecule has 1 amide bonds. The molecule has 34 heavy (non-hydrogen) atoms. The zero-order valence-corrected chi connectivity index (χ0v) is 19.9. The van der Waals surface area contributed by atoms with Gasteiger partial charge in [0, 0.05) is 29.8 Å². The molecule has 2 aromatic heterocycles. The Morgan fingerprint density at radius 3 is 2.82 bits per heavy atom. The number of carbonyl (C=O) groups is 1. The minimum atomic E-state index is -0.229. The average Bonchev–Trinajstić information content (AvgIpc) is 3.55. The second-order valence-corrected chi connectivity index (χ2v) is 10.6. The summed E-state index contributed by atoms with van der Waals surface area (Å²) in [6.07, 6.45) is 5.66. The van der Waals surface area contributed by atoms with Gasteiger partial charge in [-0.1, -0.05) is 23.5 Å². The molecule has 3 N–H and O–H groups in total. The van der Waals surface area contributed by atoms with Gasteiger partial charge in [0.05, 0.1) is 15.9 Å². The Bertz CT molecular complexity index is 1390. The Morgan fingerprint density at radius 1 is 1.21 bits per heavy atom. The number of fused-ring (bicyclic) bond motifs is 3. The second-order valence-electron chi connectivity index (χ2n) is 9.62. The molecule has 2 aromatic carbocycles. The number of thiazole rings is 1. The molecule has 0 radical (unpaired) electrons. The molecule has 3 unspecified atom stereocenters. The van der Waals surface area contributed by atoms with E-state index in [1.807, 2.05) is 22.7 Å². The summed E-state index contributed by atoms with van der Waals surface area (Å²) in [6, 6.07) is 12.4. The molecule has 2 aliphatic rings. The van der Waals surface area contributed by atoms with Gasteiger partial charge in [-0.2, -0.15) is 0 Å². The van der Waals surface area contributed by atoms with Crippen LogP contribution < -0.4 is 11.1 Å². The van der Waals surface area contributed by atoms with Gasteiger partial charge in [0.1, 0.15) is 5.82 Å². The molecule has 6 nitrogen and oxygen atoms in total. The van der Waals surface area contributed by atoms with Gasteiger partial charge >= 0.3 is 0 Å². The van der Waals surface area contributed by atoms with E-state index in [4.69, 9.17) is 10.7 Å². The maximum Gasteiger partial charge on any atom is 0.220 e. The van der Waals surface area contributed by atoms with Crippen LogP contribution in [-0.2, 0) is 4.79 Å². The van der Waals surface area contributed by atoms with Crippen molar-refractivity contribution in [3.05, 3.63) is 59.5 Å². The van der Waals surface area contributed by atoms with Crippen molar-refractivity contribution in [2.24, 2.45) is 11.7 Å². The number of aromatic nitrogens is 2. The molecule has 176 valence electrons. The molecular formula is C26H28FN5OS. The third-order valence-electron chi connectivity index (χ3n) is 7.51. The molecule has 2 aliphatic heterocycles. The lowest BCUT2D eigenvalue weighted by Gasteiger charge is -2.36. The topological polar surface area (TPSA) is 75.7 Å². The predicted molar refractivity (Wildman–Crippen MR) is 133 cm³/mol. The maximum absolute atomic E-state index is 15.0. The standard InChI is InChI=1S/C26H28FN5OS/c1-31-10-8-17(25(28)33)12-23(31)16-5-7-22-24(13-16)34-26-30-21(14-32(22)26)18-6-4-15(11-19(18)27)20-3-2-9-29-20/h4-7,11,13-14,17,20,23,29H,2-3,8-10,12H2,1H3,(H2,28,33). The normalized spacial score (nSPS) is 23.8. The van der Waals surface area contributed by atoms with Crippen LogP contribution in [0.25, 0.3) is 26.4 Å². The first kappa shape index (κ1) is 21.7. The number of amides is 1. The smallest absolute Gasteiger partial charge is 0.220 e. The van der Waals surface area contributed by atoms with Crippen LogP contribution in [0.15, 0.2) is 42.6 Å². The number of rotatable bonds is 4. The van der Waals surface area contributed by atoms with Gasteiger partial charge < -0.3 is 11.1 Å². The van der Waals surface area contributed by atoms with Gasteiger partial charge in [0.15, 0.2) is 4.96 Å². The van der Waals surface area contributed by atoms with Crippen molar-refractivity contribution in [3.63, 3.8) is 0 Å². The van der Waals surface area contributed by atoms with Crippen LogP contribution in [0.1, 0.15) is 48.9 Å². The average molecular weight is 478 g/mol. The van der Waals surface area contributed by atoms with E-state index >= 15 is 4.39 Å². The van der Waals surface area contributed by atoms with Crippen LogP contribution in [0, 0.1) is 11.7 Å². The summed E-state index contributed by atoms with van der Waals surface area (Å²) in [5.74, 6) is -0.514. The number of nitrogens with zero attached hydrogens (tertiary/aromatic N) is 3. The van der Waals surface area contributed by atoms with Crippen molar-refractivity contribution in [1.29, 1.82) is 0 Å². The van der Waals surface area contributed by atoms with E-state index in [0.717, 1.165) is 59.5 Å². The summed E-state index contributed by atoms with van der Waals surface area (Å²) < 4.78 is 18.2. The molecule has 4 heterocycles. The lowest BCUT2D eigenvalue weighted by molar-refractivity contribution is -0.123. The van der Waals surface area contributed by atoms with Crippen molar-refractivity contribution in [3.8, 4) is 11.3 Å². The van der Waals surface area contributed by atoms with Crippen LogP contribution in [0.5, 0.6) is 0 Å². The van der Waals surface area contributed by atoms with Crippen molar-refractivity contribution in [2.75, 3.05) is 20.1 Å². The summed E-state index contributed by atoms with van der Waals surface area (Å²) in [6.45, 7) is 1.84. The van der Waals surface area contributed by atoms with Crippen LogP contribution in [0.2, 0.25) is 0 Å². The number of piperidine rings is 1. The maximum atomic E-state index is 15.0. The predicted octanol–water partition coefficient (Wildman–Crippen LogP) is 4.65. The molecule has 8 heteroatoms. The summed E-state index contributed by atoms with van der Waals surface area (Å²) in [5, 5.41) is 3.42. The van der Waals surface area contributed by atoms with E-state index in [-0.39, 0.29) is 29.7 Å². The monoisotopic (exact) mass is 477 g/mol. The zero-order valence-electron chi connectivity index (χ0n) is 19.1. The molecule has 4 aromatic rings. The zero-order chi connectivity index (χ0) is 23.4. The Labute approximate surface area is 201 Å². The van der Waals surface area contributed by atoms with Gasteiger partial charge in [-0.05, 0) is 81.2 Å². The SMILES string of the molecule is CN1CCC(C(N)=O)CC1c1ccc2c(c1)sc1nc(-c3ccc(C4CCCN4)cc3F)cn12. The first-order valence-corrected chi connectivity index (χ1v) is 12.7. The lowest BCUT2D eigenvalue weighted by atomic mass is 9.87. The van der Waals surface area contributed by atoms with Gasteiger partial charge in [-0.3, -0.25) is 14.1 Å². The fraction of sp³-hybridized carbons (Fsp3) is 0.385. The Kier molecular flexibility index (Phi) is 5.39. The van der Waals surface area contributed by atoms with Gasteiger partial charge in [0.25, 0.3) is 0 Å². The Hall–Kier alpha value is -2.81. The number of imidazole rings is 1. The molecule has 2 saturated heterocycles. The van der Waals surface area contributed by atoms with Crippen LogP contribution in [0.3, 0.4) is 0 Å². The summed E-state index contributed by atoms with van der Waals surface area (Å²) in [4.78, 5) is 19.6.